The Morgan fingerprint density at radius 1 is 1.03 bits per heavy atom. The number of aromatic nitrogens is 1. The molecule has 2 aromatic carbocycles. The minimum Gasteiger partial charge on any atom is -0.342 e. The minimum atomic E-state index is -0.0118. The van der Waals surface area contributed by atoms with Gasteiger partial charge < -0.3 is 14.4 Å². The molecule has 0 N–H and O–H groups in total. The molecule has 1 aliphatic heterocycles. The van der Waals surface area contributed by atoms with E-state index in [4.69, 9.17) is 0 Å². The second-order valence-corrected chi connectivity index (χ2v) is 7.23. The maximum absolute atomic E-state index is 12.8. The number of likely N-dealkylation sites (N-methyl/N-ethyl adjacent to an activating group) is 2. The summed E-state index contributed by atoms with van der Waals surface area (Å²) in [6.07, 6.45) is 3.93. The Bertz CT molecular complexity index is 1120. The molecule has 5 heteroatoms. The Morgan fingerprint density at radius 2 is 1.72 bits per heavy atom. The minimum absolute atomic E-state index is 0.0118. The lowest BCUT2D eigenvalue weighted by Crippen LogP contribution is -2.33. The number of anilines is 1. The van der Waals surface area contributed by atoms with Crippen molar-refractivity contribution in [3.63, 3.8) is 0 Å². The largest absolute Gasteiger partial charge is 0.342 e. The number of carbonyl (C=O) groups is 2. The summed E-state index contributed by atoms with van der Waals surface area (Å²) in [6, 6.07) is 15.8. The van der Waals surface area contributed by atoms with Crippen LogP contribution in [-0.2, 0) is 16.1 Å². The third-order valence-electron chi connectivity index (χ3n) is 5.63. The van der Waals surface area contributed by atoms with E-state index in [1.54, 1.807) is 11.9 Å². The first-order valence-electron chi connectivity index (χ1n) is 10.00. The van der Waals surface area contributed by atoms with E-state index in [0.29, 0.717) is 18.7 Å². The van der Waals surface area contributed by atoms with E-state index in [9.17, 15) is 9.59 Å². The Hall–Kier alpha value is -3.34. The Balaban J connectivity index is 1.79. The monoisotopic (exact) mass is 387 g/mol. The molecule has 2 heterocycles. The summed E-state index contributed by atoms with van der Waals surface area (Å²) in [5.41, 5.74) is 4.48. The van der Waals surface area contributed by atoms with Crippen LogP contribution in [0.2, 0.25) is 0 Å². The molecular weight excluding hydrogens is 362 g/mol. The van der Waals surface area contributed by atoms with Crippen molar-refractivity contribution in [3.8, 4) is 0 Å². The summed E-state index contributed by atoms with van der Waals surface area (Å²) in [5, 5.41) is 1.03. The van der Waals surface area contributed by atoms with Crippen LogP contribution in [0.25, 0.3) is 22.6 Å². The van der Waals surface area contributed by atoms with Crippen LogP contribution < -0.4 is 4.90 Å². The first-order valence-corrected chi connectivity index (χ1v) is 10.00. The predicted molar refractivity (Wildman–Crippen MR) is 118 cm³/mol. The summed E-state index contributed by atoms with van der Waals surface area (Å²) in [4.78, 5) is 29.0. The maximum atomic E-state index is 12.8. The molecule has 0 aliphatic carbocycles. The van der Waals surface area contributed by atoms with Gasteiger partial charge in [-0.25, -0.2) is 0 Å². The molecule has 29 heavy (non-hydrogen) atoms. The lowest BCUT2D eigenvalue weighted by molar-refractivity contribution is -0.131. The highest BCUT2D eigenvalue weighted by Crippen LogP contribution is 2.37. The van der Waals surface area contributed by atoms with Gasteiger partial charge in [0.05, 0.1) is 5.69 Å². The zero-order valence-corrected chi connectivity index (χ0v) is 17.1. The van der Waals surface area contributed by atoms with Gasteiger partial charge in [0.2, 0.25) is 5.91 Å². The van der Waals surface area contributed by atoms with Gasteiger partial charge in [-0.3, -0.25) is 9.59 Å². The standard InChI is InChI=1S/C24H25N3O2/c1-4-26(5-2)23(28)16-27-15-17(18-10-6-9-13-22(18)27)14-20-19-11-7-8-12-21(19)25(3)24(20)29/h6-15H,4-5,16H2,1-3H3. The van der Waals surface area contributed by atoms with Crippen LogP contribution >= 0.6 is 0 Å². The fraction of sp³-hybridized carbons (Fsp3) is 0.250. The molecule has 0 fully saturated rings. The number of benzene rings is 2. The second kappa shape index (κ2) is 7.59. The lowest BCUT2D eigenvalue weighted by Gasteiger charge is -2.19. The van der Waals surface area contributed by atoms with Crippen molar-refractivity contribution in [1.82, 2.24) is 9.47 Å². The molecule has 0 spiro atoms. The lowest BCUT2D eigenvalue weighted by atomic mass is 10.0. The maximum Gasteiger partial charge on any atom is 0.258 e. The molecule has 0 radical (unpaired) electrons. The van der Waals surface area contributed by atoms with Gasteiger partial charge in [-0.1, -0.05) is 36.4 Å². The van der Waals surface area contributed by atoms with Crippen molar-refractivity contribution in [2.75, 3.05) is 25.0 Å². The summed E-state index contributed by atoms with van der Waals surface area (Å²) >= 11 is 0. The summed E-state index contributed by atoms with van der Waals surface area (Å²) in [7, 11) is 1.80. The van der Waals surface area contributed by atoms with Gasteiger partial charge >= 0.3 is 0 Å². The van der Waals surface area contributed by atoms with E-state index in [-0.39, 0.29) is 18.4 Å². The summed E-state index contributed by atoms with van der Waals surface area (Å²) in [6.45, 7) is 5.66. The zero-order chi connectivity index (χ0) is 20.5. The third kappa shape index (κ3) is 3.23. The molecule has 2 amide bonds. The highest BCUT2D eigenvalue weighted by atomic mass is 16.2. The molecule has 0 saturated carbocycles. The Morgan fingerprint density at radius 3 is 2.48 bits per heavy atom. The van der Waals surface area contributed by atoms with E-state index >= 15 is 0 Å². The molecule has 0 saturated heterocycles. The van der Waals surface area contributed by atoms with Crippen molar-refractivity contribution in [1.29, 1.82) is 0 Å². The molecule has 0 unspecified atom stereocenters. The van der Waals surface area contributed by atoms with Gasteiger partial charge in [0, 0.05) is 53.9 Å². The molecule has 3 aromatic rings. The average molecular weight is 387 g/mol. The van der Waals surface area contributed by atoms with Crippen molar-refractivity contribution < 1.29 is 9.59 Å². The Kier molecular flexibility index (Phi) is 4.97. The number of hydrogen-bond acceptors (Lipinski definition) is 2. The van der Waals surface area contributed by atoms with Crippen molar-refractivity contribution in [2.45, 2.75) is 20.4 Å². The van der Waals surface area contributed by atoms with Crippen molar-refractivity contribution >= 4 is 40.1 Å². The Labute approximate surface area is 170 Å². The molecule has 1 aromatic heterocycles. The van der Waals surface area contributed by atoms with E-state index in [1.165, 1.54) is 0 Å². The fourth-order valence-electron chi connectivity index (χ4n) is 4.04. The van der Waals surface area contributed by atoms with Crippen LogP contribution in [0.5, 0.6) is 0 Å². The number of carbonyl (C=O) groups excluding carboxylic acids is 2. The van der Waals surface area contributed by atoms with E-state index in [2.05, 4.69) is 0 Å². The number of nitrogens with zero attached hydrogens (tertiary/aromatic N) is 3. The fourth-order valence-corrected chi connectivity index (χ4v) is 4.04. The predicted octanol–water partition coefficient (Wildman–Crippen LogP) is 4.03. The normalized spacial score (nSPS) is 14.7. The molecule has 0 bridgehead atoms. The molecule has 4 rings (SSSR count). The van der Waals surface area contributed by atoms with Gasteiger partial charge in [-0.05, 0) is 32.1 Å². The van der Waals surface area contributed by atoms with Crippen LogP contribution in [0.3, 0.4) is 0 Å². The smallest absolute Gasteiger partial charge is 0.258 e. The number of rotatable bonds is 5. The number of fused-ring (bicyclic) bond motifs is 2. The number of amides is 2. The van der Waals surface area contributed by atoms with Gasteiger partial charge in [0.1, 0.15) is 6.54 Å². The summed E-state index contributed by atoms with van der Waals surface area (Å²) in [5.74, 6) is 0.0826. The SMILES string of the molecule is CCN(CC)C(=O)Cn1cc(C=C2C(=O)N(C)c3ccccc32)c2ccccc21. The van der Waals surface area contributed by atoms with Crippen LogP contribution in [0.4, 0.5) is 5.69 Å². The van der Waals surface area contributed by atoms with E-state index < -0.39 is 0 Å². The van der Waals surface area contributed by atoms with Gasteiger partial charge in [-0.2, -0.15) is 0 Å². The molecule has 5 nitrogen and oxygen atoms in total. The van der Waals surface area contributed by atoms with Crippen LogP contribution in [0.15, 0.2) is 54.7 Å². The number of para-hydroxylation sites is 2. The zero-order valence-electron chi connectivity index (χ0n) is 17.1. The quantitative estimate of drug-likeness (QED) is 0.621. The van der Waals surface area contributed by atoms with Gasteiger partial charge in [0.25, 0.3) is 5.91 Å². The average Bonchev–Trinajstić information content (AvgIpc) is 3.20. The molecular formula is C24H25N3O2. The first-order chi connectivity index (χ1) is 14.0. The van der Waals surface area contributed by atoms with Crippen LogP contribution in [-0.4, -0.2) is 41.4 Å². The van der Waals surface area contributed by atoms with Crippen molar-refractivity contribution in [3.05, 3.63) is 65.9 Å². The van der Waals surface area contributed by atoms with Crippen LogP contribution in [0.1, 0.15) is 25.0 Å². The van der Waals surface area contributed by atoms with E-state index in [0.717, 1.165) is 27.7 Å². The van der Waals surface area contributed by atoms with Gasteiger partial charge in [-0.15, -0.1) is 0 Å². The highest BCUT2D eigenvalue weighted by molar-refractivity contribution is 6.36. The van der Waals surface area contributed by atoms with Crippen molar-refractivity contribution in [2.24, 2.45) is 0 Å². The van der Waals surface area contributed by atoms with Gasteiger partial charge in [0.15, 0.2) is 0 Å². The molecule has 0 atom stereocenters. The molecule has 1 aliphatic rings. The first kappa shape index (κ1) is 19.0. The topological polar surface area (TPSA) is 45.6 Å². The highest BCUT2D eigenvalue weighted by Gasteiger charge is 2.29. The van der Waals surface area contributed by atoms with Crippen LogP contribution in [0, 0.1) is 0 Å². The molecule has 148 valence electrons. The summed E-state index contributed by atoms with van der Waals surface area (Å²) < 4.78 is 1.98. The second-order valence-electron chi connectivity index (χ2n) is 7.23. The van der Waals surface area contributed by atoms with E-state index in [1.807, 2.05) is 84.1 Å². The third-order valence-corrected chi connectivity index (χ3v) is 5.63. The number of hydrogen-bond donors (Lipinski definition) is 0.